The van der Waals surface area contributed by atoms with E-state index in [-0.39, 0.29) is 6.17 Å². The number of hydrogen-bond acceptors (Lipinski definition) is 2. The highest BCUT2D eigenvalue weighted by molar-refractivity contribution is 5.62. The van der Waals surface area contributed by atoms with Crippen LogP contribution in [0.3, 0.4) is 0 Å². The van der Waals surface area contributed by atoms with Gasteiger partial charge in [-0.3, -0.25) is 4.90 Å². The van der Waals surface area contributed by atoms with Gasteiger partial charge in [0.1, 0.15) is 5.69 Å². The third-order valence-electron chi connectivity index (χ3n) is 3.28. The van der Waals surface area contributed by atoms with Crippen molar-refractivity contribution in [2.75, 3.05) is 11.9 Å². The second-order valence-electron chi connectivity index (χ2n) is 4.27. The highest BCUT2D eigenvalue weighted by Crippen LogP contribution is 2.35. The van der Waals surface area contributed by atoms with Gasteiger partial charge in [-0.15, -0.1) is 0 Å². The minimum absolute atomic E-state index is 0.0145. The molecule has 1 heterocycles. The summed E-state index contributed by atoms with van der Waals surface area (Å²) >= 11 is 0. The Morgan fingerprint density at radius 3 is 2.28 bits per heavy atom. The molecule has 0 aromatic heterocycles. The van der Waals surface area contributed by atoms with Crippen molar-refractivity contribution < 1.29 is 0 Å². The fourth-order valence-electron chi connectivity index (χ4n) is 2.17. The molecular formula is C14H14N4. The monoisotopic (exact) mass is 238 g/mol. The summed E-state index contributed by atoms with van der Waals surface area (Å²) in [6.45, 7) is 18.5. The highest BCUT2D eigenvalue weighted by Gasteiger charge is 2.39. The molecule has 0 aliphatic carbocycles. The number of nitrogens with zero attached hydrogens (tertiary/aromatic N) is 4. The number of benzene rings is 1. The van der Waals surface area contributed by atoms with Crippen molar-refractivity contribution in [2.45, 2.75) is 20.0 Å². The van der Waals surface area contributed by atoms with Crippen LogP contribution in [0.2, 0.25) is 0 Å². The lowest BCUT2D eigenvalue weighted by atomic mass is 10.2. The van der Waals surface area contributed by atoms with Gasteiger partial charge in [0, 0.05) is 6.92 Å². The predicted molar refractivity (Wildman–Crippen MR) is 71.1 cm³/mol. The van der Waals surface area contributed by atoms with Crippen molar-refractivity contribution in [3.63, 3.8) is 0 Å². The summed E-state index contributed by atoms with van der Waals surface area (Å²) in [5.41, 5.74) is 2.09. The zero-order valence-electron chi connectivity index (χ0n) is 10.7. The molecule has 90 valence electrons. The van der Waals surface area contributed by atoms with Crippen molar-refractivity contribution in [1.82, 2.24) is 4.90 Å². The maximum Gasteiger partial charge on any atom is 0.253 e. The molecule has 1 aromatic carbocycles. The van der Waals surface area contributed by atoms with Crippen LogP contribution in [0.25, 0.3) is 9.69 Å². The maximum atomic E-state index is 7.32. The third kappa shape index (κ3) is 1.59. The molecule has 4 nitrogen and oxygen atoms in total. The first-order valence-electron chi connectivity index (χ1n) is 5.68. The summed E-state index contributed by atoms with van der Waals surface area (Å²) in [5.74, 6) is 0.829. The lowest BCUT2D eigenvalue weighted by Gasteiger charge is -2.24. The van der Waals surface area contributed by atoms with Crippen molar-refractivity contribution in [3.8, 4) is 0 Å². The van der Waals surface area contributed by atoms with Crippen LogP contribution in [0.4, 0.5) is 5.69 Å². The van der Waals surface area contributed by atoms with E-state index in [1.54, 1.807) is 0 Å². The van der Waals surface area contributed by atoms with Crippen LogP contribution in [-0.2, 0) is 0 Å². The molecule has 0 spiro atoms. The quantitative estimate of drug-likeness (QED) is 0.699. The van der Waals surface area contributed by atoms with Gasteiger partial charge in [-0.1, -0.05) is 31.3 Å². The Morgan fingerprint density at radius 2 is 1.72 bits per heavy atom. The molecule has 4 heteroatoms. The molecule has 0 bridgehead atoms. The number of hydrogen-bond donors (Lipinski definition) is 0. The van der Waals surface area contributed by atoms with E-state index in [0.29, 0.717) is 11.6 Å². The standard InChI is InChI=1S/C14H14N4/c1-10-8-6-7-9-12(10)18-11(2)17(5)13(15-3)14(18)16-4/h6-9,11H,1-2,5H3/t11-/m0/s1. The molecule has 2 rings (SSSR count). The van der Waals surface area contributed by atoms with Gasteiger partial charge in [-0.25, -0.2) is 0 Å². The second-order valence-corrected chi connectivity index (χ2v) is 4.27. The van der Waals surface area contributed by atoms with E-state index >= 15 is 0 Å². The molecule has 1 aliphatic heterocycles. The third-order valence-corrected chi connectivity index (χ3v) is 3.28. The van der Waals surface area contributed by atoms with Crippen LogP contribution in [0, 0.1) is 20.1 Å². The number of anilines is 1. The summed E-state index contributed by atoms with van der Waals surface area (Å²) in [4.78, 5) is 10.8. The van der Waals surface area contributed by atoms with Gasteiger partial charge in [0.15, 0.2) is 0 Å². The summed E-state index contributed by atoms with van der Waals surface area (Å²) in [7, 11) is 1.85. The van der Waals surface area contributed by atoms with E-state index in [9.17, 15) is 0 Å². The molecular weight excluding hydrogens is 224 g/mol. The first kappa shape index (κ1) is 12.0. The summed E-state index contributed by atoms with van der Waals surface area (Å²) in [6.07, 6.45) is -0.0145. The second kappa shape index (κ2) is 4.43. The Hall–Kier alpha value is -2.46. The topological polar surface area (TPSA) is 15.2 Å². The van der Waals surface area contributed by atoms with E-state index in [4.69, 9.17) is 13.1 Å². The van der Waals surface area contributed by atoms with Gasteiger partial charge in [0.25, 0.3) is 5.82 Å². The Labute approximate surface area is 107 Å². The van der Waals surface area contributed by atoms with E-state index in [2.05, 4.69) is 9.69 Å². The van der Waals surface area contributed by atoms with Crippen molar-refractivity contribution >= 4 is 5.69 Å². The summed E-state index contributed by atoms with van der Waals surface area (Å²) in [6, 6.07) is 7.92. The van der Waals surface area contributed by atoms with E-state index < -0.39 is 0 Å². The molecule has 1 atom stereocenters. The molecule has 0 saturated carbocycles. The van der Waals surface area contributed by atoms with Gasteiger partial charge in [-0.2, -0.15) is 0 Å². The largest absolute Gasteiger partial charge is 0.374 e. The van der Waals surface area contributed by atoms with Crippen molar-refractivity contribution in [3.05, 3.63) is 64.3 Å². The zero-order chi connectivity index (χ0) is 13.3. The normalized spacial score (nSPS) is 18.8. The molecule has 1 aromatic rings. The lowest BCUT2D eigenvalue weighted by molar-refractivity contribution is 0.364. The first-order chi connectivity index (χ1) is 8.61. The van der Waals surface area contributed by atoms with Gasteiger partial charge >= 0.3 is 0 Å². The van der Waals surface area contributed by atoms with Crippen LogP contribution in [-0.4, -0.2) is 18.1 Å². The molecule has 0 unspecified atom stereocenters. The Kier molecular flexibility index (Phi) is 2.95. The first-order valence-corrected chi connectivity index (χ1v) is 5.68. The fourth-order valence-corrected chi connectivity index (χ4v) is 2.17. The molecule has 18 heavy (non-hydrogen) atoms. The lowest BCUT2D eigenvalue weighted by Crippen LogP contribution is -2.35. The Bertz CT molecular complexity index is 589. The fraction of sp³-hybridized carbons (Fsp3) is 0.286. The number of aryl methyl sites for hydroxylation is 1. The minimum atomic E-state index is -0.0145. The highest BCUT2D eigenvalue weighted by atomic mass is 15.5. The Morgan fingerprint density at radius 1 is 1.11 bits per heavy atom. The molecule has 0 saturated heterocycles. The van der Waals surface area contributed by atoms with E-state index in [1.165, 1.54) is 0 Å². The Balaban J connectivity index is 2.59. The molecule has 0 fully saturated rings. The van der Waals surface area contributed by atoms with Crippen LogP contribution >= 0.6 is 0 Å². The minimum Gasteiger partial charge on any atom is -0.374 e. The van der Waals surface area contributed by atoms with Crippen molar-refractivity contribution in [2.24, 2.45) is 0 Å². The van der Waals surface area contributed by atoms with Gasteiger partial charge in [-0.05, 0) is 18.6 Å². The van der Waals surface area contributed by atoms with Crippen LogP contribution < -0.4 is 4.90 Å². The molecule has 1 aliphatic rings. The molecule has 0 N–H and O–H groups in total. The van der Waals surface area contributed by atoms with Crippen LogP contribution in [0.1, 0.15) is 12.5 Å². The SMILES string of the molecule is [C-]#[N+]C1=C([N+]#[C-])N(c2ccccc2C)[C@@H](C)N1C. The molecule has 0 radical (unpaired) electrons. The van der Waals surface area contributed by atoms with Gasteiger partial charge in [0.05, 0.1) is 7.05 Å². The average Bonchev–Trinajstić information content (AvgIpc) is 2.62. The smallest absolute Gasteiger partial charge is 0.253 e. The summed E-state index contributed by atoms with van der Waals surface area (Å²) < 4.78 is 0. The maximum absolute atomic E-state index is 7.32. The van der Waals surface area contributed by atoms with E-state index in [1.807, 2.05) is 55.0 Å². The van der Waals surface area contributed by atoms with Gasteiger partial charge in [0.2, 0.25) is 12.0 Å². The number of rotatable bonds is 1. The van der Waals surface area contributed by atoms with Gasteiger partial charge < -0.3 is 14.6 Å². The van der Waals surface area contributed by atoms with Crippen LogP contribution in [0.5, 0.6) is 0 Å². The van der Waals surface area contributed by atoms with Crippen LogP contribution in [0.15, 0.2) is 35.9 Å². The average molecular weight is 238 g/mol. The number of para-hydroxylation sites is 1. The van der Waals surface area contributed by atoms with E-state index in [0.717, 1.165) is 11.3 Å². The predicted octanol–water partition coefficient (Wildman–Crippen LogP) is 3.06. The zero-order valence-corrected chi connectivity index (χ0v) is 10.7. The van der Waals surface area contributed by atoms with Crippen molar-refractivity contribution in [1.29, 1.82) is 0 Å². The summed E-state index contributed by atoms with van der Waals surface area (Å²) in [5, 5.41) is 0. The molecule has 0 amide bonds.